The van der Waals surface area contributed by atoms with Crippen molar-refractivity contribution in [2.24, 2.45) is 0 Å². The van der Waals surface area contributed by atoms with Crippen LogP contribution in [-0.4, -0.2) is 42.3 Å². The number of pyridine rings is 1. The van der Waals surface area contributed by atoms with Crippen LogP contribution in [0.4, 0.5) is 0 Å². The monoisotopic (exact) mass is 343 g/mol. The number of amides is 1. The second kappa shape index (κ2) is 8.26. The van der Waals surface area contributed by atoms with Gasteiger partial charge in [0.2, 0.25) is 15.9 Å². The topological polar surface area (TPSA) is 88.5 Å². The van der Waals surface area contributed by atoms with E-state index in [1.54, 1.807) is 13.8 Å². The van der Waals surface area contributed by atoms with Crippen LogP contribution in [0.15, 0.2) is 28.0 Å². The number of nitrogens with zero attached hydrogens (tertiary/aromatic N) is 2. The fraction of sp³-hybridized carbons (Fsp3) is 0.600. The summed E-state index contributed by atoms with van der Waals surface area (Å²) in [5.74, 6) is -0.321. The van der Waals surface area contributed by atoms with Crippen LogP contribution in [0.5, 0.6) is 0 Å². The van der Waals surface area contributed by atoms with Gasteiger partial charge in [-0.25, -0.2) is 8.42 Å². The van der Waals surface area contributed by atoms with E-state index in [4.69, 9.17) is 0 Å². The second-order valence-corrected chi connectivity index (χ2v) is 7.24. The SMILES string of the molecule is CCC(C)NC(=O)Cn1cc(S(=O)(=O)N(CC)CC)ccc1=O. The Hall–Kier alpha value is -1.67. The highest BCUT2D eigenvalue weighted by Gasteiger charge is 2.22. The van der Waals surface area contributed by atoms with Gasteiger partial charge in [0, 0.05) is 31.4 Å². The Kier molecular flexibility index (Phi) is 6.96. The van der Waals surface area contributed by atoms with E-state index >= 15 is 0 Å². The molecule has 1 rings (SSSR count). The normalized spacial score (nSPS) is 13.1. The van der Waals surface area contributed by atoms with Crippen molar-refractivity contribution >= 4 is 15.9 Å². The third kappa shape index (κ3) is 4.90. The molecular formula is C15H25N3O4S. The quantitative estimate of drug-likeness (QED) is 0.756. The Labute approximate surface area is 137 Å². The molecule has 1 N–H and O–H groups in total. The van der Waals surface area contributed by atoms with Gasteiger partial charge in [-0.1, -0.05) is 20.8 Å². The highest BCUT2D eigenvalue weighted by Crippen LogP contribution is 2.13. The molecule has 0 aliphatic heterocycles. The predicted molar refractivity (Wildman–Crippen MR) is 88.7 cm³/mol. The molecule has 0 aromatic carbocycles. The largest absolute Gasteiger partial charge is 0.352 e. The maximum Gasteiger partial charge on any atom is 0.251 e. The van der Waals surface area contributed by atoms with Crippen LogP contribution in [-0.2, 0) is 21.4 Å². The molecule has 0 spiro atoms. The van der Waals surface area contributed by atoms with Gasteiger partial charge in [0.15, 0.2) is 0 Å². The third-order valence-corrected chi connectivity index (χ3v) is 5.67. The van der Waals surface area contributed by atoms with E-state index in [1.165, 1.54) is 22.6 Å². The second-order valence-electron chi connectivity index (χ2n) is 5.30. The van der Waals surface area contributed by atoms with Gasteiger partial charge < -0.3 is 9.88 Å². The summed E-state index contributed by atoms with van der Waals surface area (Å²) < 4.78 is 27.4. The van der Waals surface area contributed by atoms with Gasteiger partial charge in [-0.3, -0.25) is 9.59 Å². The zero-order chi connectivity index (χ0) is 17.6. The number of hydrogen-bond acceptors (Lipinski definition) is 4. The predicted octanol–water partition coefficient (Wildman–Crippen LogP) is 0.794. The molecule has 1 atom stereocenters. The molecule has 0 saturated carbocycles. The van der Waals surface area contributed by atoms with Crippen molar-refractivity contribution in [1.82, 2.24) is 14.2 Å². The first-order valence-electron chi connectivity index (χ1n) is 7.76. The van der Waals surface area contributed by atoms with Crippen molar-refractivity contribution in [3.8, 4) is 0 Å². The molecule has 0 aliphatic carbocycles. The van der Waals surface area contributed by atoms with E-state index in [-0.39, 0.29) is 23.4 Å². The molecule has 0 aliphatic rings. The molecule has 130 valence electrons. The minimum Gasteiger partial charge on any atom is -0.352 e. The zero-order valence-corrected chi connectivity index (χ0v) is 14.9. The van der Waals surface area contributed by atoms with Gasteiger partial charge in [-0.05, 0) is 19.4 Å². The highest BCUT2D eigenvalue weighted by molar-refractivity contribution is 7.89. The van der Waals surface area contributed by atoms with Gasteiger partial charge in [-0.15, -0.1) is 0 Å². The molecule has 1 aromatic heterocycles. The summed E-state index contributed by atoms with van der Waals surface area (Å²) in [5.41, 5.74) is -0.414. The summed E-state index contributed by atoms with van der Waals surface area (Å²) in [7, 11) is -3.66. The summed E-state index contributed by atoms with van der Waals surface area (Å²) in [5, 5.41) is 2.75. The van der Waals surface area contributed by atoms with Crippen LogP contribution in [0.1, 0.15) is 34.1 Å². The van der Waals surface area contributed by atoms with Crippen LogP contribution < -0.4 is 10.9 Å². The number of carbonyl (C=O) groups is 1. The Bertz CT molecular complexity index is 693. The van der Waals surface area contributed by atoms with Crippen LogP contribution in [0, 0.1) is 0 Å². The van der Waals surface area contributed by atoms with Gasteiger partial charge in [0.1, 0.15) is 6.54 Å². The van der Waals surface area contributed by atoms with Crippen molar-refractivity contribution in [3.63, 3.8) is 0 Å². The fourth-order valence-electron chi connectivity index (χ4n) is 2.08. The lowest BCUT2D eigenvalue weighted by atomic mass is 10.2. The summed E-state index contributed by atoms with van der Waals surface area (Å²) in [6.07, 6.45) is 2.00. The van der Waals surface area contributed by atoms with Crippen molar-refractivity contribution in [1.29, 1.82) is 0 Å². The summed E-state index contributed by atoms with van der Waals surface area (Å²) >= 11 is 0. The number of nitrogens with one attached hydrogen (secondary N) is 1. The minimum atomic E-state index is -3.66. The molecule has 1 amide bonds. The minimum absolute atomic E-state index is 0.000733. The molecule has 0 radical (unpaired) electrons. The van der Waals surface area contributed by atoms with E-state index in [2.05, 4.69) is 5.32 Å². The summed E-state index contributed by atoms with van der Waals surface area (Å²) in [6, 6.07) is 2.45. The van der Waals surface area contributed by atoms with E-state index < -0.39 is 15.6 Å². The van der Waals surface area contributed by atoms with Gasteiger partial charge >= 0.3 is 0 Å². The maximum atomic E-state index is 12.5. The average Bonchev–Trinajstić information content (AvgIpc) is 2.50. The molecule has 8 heteroatoms. The Morgan fingerprint density at radius 1 is 1.26 bits per heavy atom. The summed E-state index contributed by atoms with van der Waals surface area (Å²) in [4.78, 5) is 23.8. The standard InChI is InChI=1S/C15H25N3O4S/c1-5-12(4)16-14(19)11-17-10-13(8-9-15(17)20)23(21,22)18(6-2)7-3/h8-10,12H,5-7,11H2,1-4H3,(H,16,19). The van der Waals surface area contributed by atoms with Gasteiger partial charge in [0.25, 0.3) is 5.56 Å². The molecule has 0 fully saturated rings. The maximum absolute atomic E-state index is 12.5. The lowest BCUT2D eigenvalue weighted by Gasteiger charge is -2.19. The Morgan fingerprint density at radius 2 is 1.87 bits per heavy atom. The van der Waals surface area contributed by atoms with Gasteiger partial charge in [0.05, 0.1) is 4.90 Å². The highest BCUT2D eigenvalue weighted by atomic mass is 32.2. The van der Waals surface area contributed by atoms with Crippen LogP contribution in [0.3, 0.4) is 0 Å². The first-order valence-corrected chi connectivity index (χ1v) is 9.20. The molecule has 23 heavy (non-hydrogen) atoms. The number of aromatic nitrogens is 1. The van der Waals surface area contributed by atoms with Gasteiger partial charge in [-0.2, -0.15) is 4.31 Å². The lowest BCUT2D eigenvalue weighted by Crippen LogP contribution is -2.37. The van der Waals surface area contributed by atoms with E-state index in [0.29, 0.717) is 13.1 Å². The van der Waals surface area contributed by atoms with Crippen molar-refractivity contribution in [2.45, 2.75) is 51.6 Å². The molecule has 0 bridgehead atoms. The Morgan fingerprint density at radius 3 is 2.39 bits per heavy atom. The smallest absolute Gasteiger partial charge is 0.251 e. The van der Waals surface area contributed by atoms with Crippen LogP contribution >= 0.6 is 0 Å². The zero-order valence-electron chi connectivity index (χ0n) is 14.1. The molecule has 1 aromatic rings. The number of sulfonamides is 1. The molecule has 0 saturated heterocycles. The first kappa shape index (κ1) is 19.4. The van der Waals surface area contributed by atoms with E-state index in [9.17, 15) is 18.0 Å². The van der Waals surface area contributed by atoms with Crippen LogP contribution in [0.2, 0.25) is 0 Å². The third-order valence-electron chi connectivity index (χ3n) is 3.63. The van der Waals surface area contributed by atoms with Crippen molar-refractivity contribution in [3.05, 3.63) is 28.7 Å². The fourth-order valence-corrected chi connectivity index (χ4v) is 3.55. The number of hydrogen-bond donors (Lipinski definition) is 1. The molecule has 1 unspecified atom stereocenters. The summed E-state index contributed by atoms with van der Waals surface area (Å²) in [6.45, 7) is 7.77. The lowest BCUT2D eigenvalue weighted by molar-refractivity contribution is -0.122. The first-order chi connectivity index (χ1) is 10.8. The van der Waals surface area contributed by atoms with E-state index in [1.807, 2.05) is 13.8 Å². The number of rotatable bonds is 8. The molecule has 1 heterocycles. The average molecular weight is 343 g/mol. The Balaban J connectivity index is 3.09. The van der Waals surface area contributed by atoms with E-state index in [0.717, 1.165) is 11.0 Å². The molecular weight excluding hydrogens is 318 g/mol. The van der Waals surface area contributed by atoms with Crippen molar-refractivity contribution in [2.75, 3.05) is 13.1 Å². The van der Waals surface area contributed by atoms with Crippen molar-refractivity contribution < 1.29 is 13.2 Å². The van der Waals surface area contributed by atoms with Crippen LogP contribution in [0.25, 0.3) is 0 Å². The number of carbonyl (C=O) groups excluding carboxylic acids is 1. The molecule has 7 nitrogen and oxygen atoms in total.